The second kappa shape index (κ2) is 12.9. The fraction of sp³-hybridized carbons (Fsp3) is 0.360. The topological polar surface area (TPSA) is 55.2 Å². The molecule has 0 amide bonds. The molecule has 0 radical (unpaired) electrons. The number of halogens is 1. The molecule has 0 N–H and O–H groups in total. The highest BCUT2D eigenvalue weighted by molar-refractivity contribution is 6.31. The van der Waals surface area contributed by atoms with Gasteiger partial charge in [-0.1, -0.05) is 48.4 Å². The molecule has 0 aliphatic rings. The smallest absolute Gasteiger partial charge is 0.137 e. The Kier molecular flexibility index (Phi) is 10.2. The van der Waals surface area contributed by atoms with Crippen LogP contribution in [0.1, 0.15) is 55.8 Å². The lowest BCUT2D eigenvalue weighted by Crippen LogP contribution is -2.02. The molecule has 0 atom stereocenters. The van der Waals surface area contributed by atoms with Crippen LogP contribution in [0.25, 0.3) is 0 Å². The number of aliphatic imine (C=N–C) groups is 1. The Bertz CT molecular complexity index is 932. The molecule has 5 heteroatoms. The van der Waals surface area contributed by atoms with Gasteiger partial charge in [-0.3, -0.25) is 9.79 Å². The minimum atomic E-state index is 0.248. The van der Waals surface area contributed by atoms with Gasteiger partial charge in [-0.2, -0.15) is 0 Å². The predicted octanol–water partition coefficient (Wildman–Crippen LogP) is 6.06. The fourth-order valence-electron chi connectivity index (χ4n) is 2.93. The summed E-state index contributed by atoms with van der Waals surface area (Å²) in [5.74, 6) is 1.02. The van der Waals surface area contributed by atoms with Crippen molar-refractivity contribution in [3.05, 3.63) is 82.1 Å². The molecule has 2 rings (SSSR count). The van der Waals surface area contributed by atoms with Gasteiger partial charge in [0.2, 0.25) is 0 Å². The van der Waals surface area contributed by atoms with E-state index in [0.29, 0.717) is 25.7 Å². The van der Waals surface area contributed by atoms with Crippen LogP contribution in [0, 0.1) is 6.92 Å². The van der Waals surface area contributed by atoms with Crippen molar-refractivity contribution in [3.63, 3.8) is 0 Å². The van der Waals surface area contributed by atoms with Gasteiger partial charge in [0.1, 0.15) is 11.6 Å². The first-order valence-electron chi connectivity index (χ1n) is 10.4. The van der Waals surface area contributed by atoms with Gasteiger partial charge in [0.05, 0.1) is 0 Å². The van der Waals surface area contributed by atoms with Crippen molar-refractivity contribution in [1.82, 2.24) is 9.97 Å². The number of aryl methyl sites for hydroxylation is 2. The zero-order valence-electron chi connectivity index (χ0n) is 18.1. The van der Waals surface area contributed by atoms with Gasteiger partial charge in [-0.05, 0) is 49.9 Å². The number of rotatable bonds is 11. The Labute approximate surface area is 184 Å². The molecule has 1 aromatic carbocycles. The highest BCUT2D eigenvalue weighted by Gasteiger charge is 2.06. The van der Waals surface area contributed by atoms with E-state index in [4.69, 9.17) is 11.6 Å². The molecule has 4 nitrogen and oxygen atoms in total. The molecule has 2 aromatic rings. The van der Waals surface area contributed by atoms with E-state index in [1.807, 2.05) is 51.3 Å². The minimum Gasteiger partial charge on any atom is -0.299 e. The number of carbonyl (C=O) groups excluding carboxylic acids is 1. The van der Waals surface area contributed by atoms with Crippen LogP contribution >= 0.6 is 11.6 Å². The minimum absolute atomic E-state index is 0.248. The summed E-state index contributed by atoms with van der Waals surface area (Å²) in [6.45, 7) is 6.03. The highest BCUT2D eigenvalue weighted by Crippen LogP contribution is 2.18. The van der Waals surface area contributed by atoms with E-state index in [9.17, 15) is 4.79 Å². The average molecular weight is 424 g/mol. The molecule has 158 valence electrons. The summed E-state index contributed by atoms with van der Waals surface area (Å²) < 4.78 is 0. The first-order chi connectivity index (χ1) is 14.5. The Morgan fingerprint density at radius 3 is 2.83 bits per heavy atom. The van der Waals surface area contributed by atoms with Crippen LogP contribution in [0.4, 0.5) is 0 Å². The Balaban J connectivity index is 1.81. The van der Waals surface area contributed by atoms with Crippen molar-refractivity contribution in [3.8, 4) is 0 Å². The number of hydrogen-bond acceptors (Lipinski definition) is 4. The lowest BCUT2D eigenvalue weighted by Gasteiger charge is -2.05. The Morgan fingerprint density at radius 2 is 2.07 bits per heavy atom. The summed E-state index contributed by atoms with van der Waals surface area (Å²) in [7, 11) is 0. The summed E-state index contributed by atoms with van der Waals surface area (Å²) in [6.07, 6.45) is 13.5. The number of benzene rings is 1. The number of ketones is 1. The zero-order chi connectivity index (χ0) is 21.8. The second-order valence-corrected chi connectivity index (χ2v) is 7.75. The normalized spacial score (nSPS) is 12.2. The van der Waals surface area contributed by atoms with Gasteiger partial charge in [0.15, 0.2) is 0 Å². The Morgan fingerprint density at radius 1 is 1.23 bits per heavy atom. The van der Waals surface area contributed by atoms with Crippen LogP contribution in [0.15, 0.2) is 59.4 Å². The first kappa shape index (κ1) is 23.7. The quantitative estimate of drug-likeness (QED) is 0.326. The van der Waals surface area contributed by atoms with E-state index in [1.165, 1.54) is 0 Å². The maximum Gasteiger partial charge on any atom is 0.137 e. The maximum absolute atomic E-state index is 12.3. The number of hydrogen-bond donors (Lipinski definition) is 0. The monoisotopic (exact) mass is 423 g/mol. The number of nitrogens with zero attached hydrogens (tertiary/aromatic N) is 3. The van der Waals surface area contributed by atoms with E-state index in [0.717, 1.165) is 46.1 Å². The molecule has 1 aromatic heterocycles. The van der Waals surface area contributed by atoms with Crippen molar-refractivity contribution in [2.24, 2.45) is 4.99 Å². The molecule has 0 saturated carbocycles. The first-order valence-corrected chi connectivity index (χ1v) is 10.8. The predicted molar refractivity (Wildman–Crippen MR) is 125 cm³/mol. The van der Waals surface area contributed by atoms with Crippen molar-refractivity contribution >= 4 is 23.6 Å². The third-order valence-corrected chi connectivity index (χ3v) is 5.02. The lowest BCUT2D eigenvalue weighted by molar-refractivity contribution is -0.118. The van der Waals surface area contributed by atoms with Crippen molar-refractivity contribution < 1.29 is 4.79 Å². The SMILES string of the molecule is CCC=N/C=C/Cc1nccc(CC=C(C)CC(=O)CCc2ccc(Cl)c(C)c2)n1. The van der Waals surface area contributed by atoms with Crippen LogP contribution in [0.5, 0.6) is 0 Å². The zero-order valence-corrected chi connectivity index (χ0v) is 18.8. The summed E-state index contributed by atoms with van der Waals surface area (Å²) in [5.41, 5.74) is 4.22. The lowest BCUT2D eigenvalue weighted by atomic mass is 10.0. The second-order valence-electron chi connectivity index (χ2n) is 7.35. The molecule has 1 heterocycles. The standard InChI is InChI=1S/C25H30ClN3O/c1-4-14-27-15-5-6-25-28-16-13-22(29-25)10-7-19(2)17-23(30)11-8-21-9-12-24(26)20(3)18-21/h5,7,9,12-16,18H,4,6,8,10-11,17H2,1-3H3/b15-5+,19-7?,27-14?. The van der Waals surface area contributed by atoms with Crippen LogP contribution in [0.3, 0.4) is 0 Å². The number of aromatic nitrogens is 2. The molecular formula is C25H30ClN3O. The molecular weight excluding hydrogens is 394 g/mol. The van der Waals surface area contributed by atoms with Crippen LogP contribution in [-0.2, 0) is 24.1 Å². The summed E-state index contributed by atoms with van der Waals surface area (Å²) in [6, 6.07) is 7.85. The largest absolute Gasteiger partial charge is 0.299 e. The highest BCUT2D eigenvalue weighted by atomic mass is 35.5. The van der Waals surface area contributed by atoms with Crippen LogP contribution in [-0.4, -0.2) is 22.0 Å². The molecule has 0 aliphatic heterocycles. The van der Waals surface area contributed by atoms with E-state index < -0.39 is 0 Å². The molecule has 0 spiro atoms. The third kappa shape index (κ3) is 8.83. The molecule has 0 fully saturated rings. The molecule has 30 heavy (non-hydrogen) atoms. The Hall–Kier alpha value is -2.59. The van der Waals surface area contributed by atoms with Gasteiger partial charge in [-0.25, -0.2) is 9.97 Å². The van der Waals surface area contributed by atoms with Gasteiger partial charge in [0.25, 0.3) is 0 Å². The molecule has 0 bridgehead atoms. The number of carbonyl (C=O) groups is 1. The van der Waals surface area contributed by atoms with E-state index in [2.05, 4.69) is 27.1 Å². The van der Waals surface area contributed by atoms with Gasteiger partial charge in [-0.15, -0.1) is 0 Å². The van der Waals surface area contributed by atoms with Crippen LogP contribution < -0.4 is 0 Å². The molecule has 0 saturated heterocycles. The summed E-state index contributed by atoms with van der Waals surface area (Å²) >= 11 is 6.06. The van der Waals surface area contributed by atoms with E-state index >= 15 is 0 Å². The van der Waals surface area contributed by atoms with Crippen molar-refractivity contribution in [2.45, 2.75) is 59.3 Å². The third-order valence-electron chi connectivity index (χ3n) is 4.59. The molecule has 0 unspecified atom stereocenters. The van der Waals surface area contributed by atoms with Gasteiger partial charge >= 0.3 is 0 Å². The van der Waals surface area contributed by atoms with E-state index in [-0.39, 0.29) is 5.78 Å². The van der Waals surface area contributed by atoms with Crippen molar-refractivity contribution in [2.75, 3.05) is 0 Å². The number of Topliss-reactive ketones (excluding diaryl/α,β-unsaturated/α-hetero) is 1. The van der Waals surface area contributed by atoms with E-state index in [1.54, 1.807) is 12.4 Å². The van der Waals surface area contributed by atoms with Crippen LogP contribution in [0.2, 0.25) is 5.02 Å². The fourth-order valence-corrected chi connectivity index (χ4v) is 3.05. The number of allylic oxidation sites excluding steroid dienone is 3. The van der Waals surface area contributed by atoms with Crippen molar-refractivity contribution in [1.29, 1.82) is 0 Å². The van der Waals surface area contributed by atoms with Gasteiger partial charge in [0, 0.05) is 55.0 Å². The average Bonchev–Trinajstić information content (AvgIpc) is 2.73. The summed E-state index contributed by atoms with van der Waals surface area (Å²) in [5, 5.41) is 0.762. The molecule has 0 aliphatic carbocycles. The summed E-state index contributed by atoms with van der Waals surface area (Å²) in [4.78, 5) is 25.4. The maximum atomic E-state index is 12.3. The van der Waals surface area contributed by atoms with Gasteiger partial charge < -0.3 is 0 Å².